The molecule has 0 aliphatic carbocycles. The topological polar surface area (TPSA) is 58.2 Å². The molecule has 2 atom stereocenters. The molecule has 19 heavy (non-hydrogen) atoms. The van der Waals surface area contributed by atoms with Crippen LogP contribution >= 0.6 is 15.9 Å². The molecule has 0 heterocycles. The molecule has 1 aromatic carbocycles. The number of benzene rings is 1. The Hall–Kier alpha value is -0.880. The van der Waals surface area contributed by atoms with Gasteiger partial charge < -0.3 is 10.6 Å². The van der Waals surface area contributed by atoms with E-state index in [4.69, 9.17) is 0 Å². The lowest BCUT2D eigenvalue weighted by Crippen LogP contribution is -2.42. The Kier molecular flexibility index (Phi) is 7.09. The van der Waals surface area contributed by atoms with Crippen molar-refractivity contribution in [2.45, 2.75) is 19.4 Å². The first-order chi connectivity index (χ1) is 8.97. The summed E-state index contributed by atoms with van der Waals surface area (Å²) in [6.07, 6.45) is 2.40. The average molecular weight is 347 g/mol. The molecule has 0 aliphatic heterocycles. The molecule has 2 amide bonds. The van der Waals surface area contributed by atoms with Crippen LogP contribution in [0.5, 0.6) is 0 Å². The number of carbonyl (C=O) groups excluding carboxylic acids is 1. The fraction of sp³-hybridized carbons (Fsp3) is 0.462. The molecule has 1 aromatic rings. The quantitative estimate of drug-likeness (QED) is 0.828. The van der Waals surface area contributed by atoms with Gasteiger partial charge in [0.15, 0.2) is 0 Å². The van der Waals surface area contributed by atoms with Crippen LogP contribution in [0.15, 0.2) is 28.7 Å². The van der Waals surface area contributed by atoms with Gasteiger partial charge in [-0.15, -0.1) is 0 Å². The standard InChI is InChI=1S/C13H19BrN2O2S/c1-10(9-11-3-5-12(14)6-4-11)16-13(17)15-7-8-19(2)18/h3-6,10H,7-9H2,1-2H3,(H2,15,16,17)/t10-,19-/m0/s1. The van der Waals surface area contributed by atoms with Crippen LogP contribution in [-0.2, 0) is 17.2 Å². The van der Waals surface area contributed by atoms with Gasteiger partial charge in [0.1, 0.15) is 0 Å². The summed E-state index contributed by atoms with van der Waals surface area (Å²) in [4.78, 5) is 11.6. The molecular weight excluding hydrogens is 328 g/mol. The molecule has 0 radical (unpaired) electrons. The Labute approximate surface area is 124 Å². The molecule has 4 nitrogen and oxygen atoms in total. The van der Waals surface area contributed by atoms with E-state index in [1.54, 1.807) is 6.26 Å². The summed E-state index contributed by atoms with van der Waals surface area (Å²) >= 11 is 3.39. The third kappa shape index (κ3) is 7.32. The highest BCUT2D eigenvalue weighted by atomic mass is 79.9. The third-order valence-corrected chi connectivity index (χ3v) is 3.82. The van der Waals surface area contributed by atoms with Crippen molar-refractivity contribution in [1.82, 2.24) is 10.6 Å². The number of halogens is 1. The minimum atomic E-state index is -0.875. The Bertz CT molecular complexity index is 437. The zero-order valence-corrected chi connectivity index (χ0v) is 13.5. The van der Waals surface area contributed by atoms with Gasteiger partial charge in [-0.1, -0.05) is 28.1 Å². The van der Waals surface area contributed by atoms with E-state index in [0.717, 1.165) is 10.9 Å². The number of amides is 2. The molecule has 0 fully saturated rings. The summed E-state index contributed by atoms with van der Waals surface area (Å²) in [5.74, 6) is 0.481. The van der Waals surface area contributed by atoms with Crippen LogP contribution in [0.1, 0.15) is 12.5 Å². The summed E-state index contributed by atoms with van der Waals surface area (Å²) in [5, 5.41) is 5.55. The van der Waals surface area contributed by atoms with Gasteiger partial charge in [-0.25, -0.2) is 4.79 Å². The first-order valence-corrected chi connectivity index (χ1v) is 8.58. The monoisotopic (exact) mass is 346 g/mol. The van der Waals surface area contributed by atoms with Crippen molar-refractivity contribution in [1.29, 1.82) is 0 Å². The highest BCUT2D eigenvalue weighted by Crippen LogP contribution is 2.11. The molecule has 0 bridgehead atoms. The van der Waals surface area contributed by atoms with E-state index in [-0.39, 0.29) is 12.1 Å². The zero-order chi connectivity index (χ0) is 14.3. The second-order valence-corrected chi connectivity index (χ2v) is 6.88. The van der Waals surface area contributed by atoms with Crippen molar-refractivity contribution in [2.24, 2.45) is 0 Å². The smallest absolute Gasteiger partial charge is 0.315 e. The SMILES string of the molecule is C[C@@H](Cc1ccc(Br)cc1)NC(=O)NCC[S@](C)=O. The van der Waals surface area contributed by atoms with Gasteiger partial charge in [-0.3, -0.25) is 4.21 Å². The molecule has 0 aliphatic rings. The van der Waals surface area contributed by atoms with Gasteiger partial charge in [0.05, 0.1) is 0 Å². The molecule has 2 N–H and O–H groups in total. The number of nitrogens with one attached hydrogen (secondary N) is 2. The van der Waals surface area contributed by atoms with Gasteiger partial charge in [0.2, 0.25) is 0 Å². The van der Waals surface area contributed by atoms with Crippen LogP contribution < -0.4 is 10.6 Å². The highest BCUT2D eigenvalue weighted by molar-refractivity contribution is 9.10. The maximum absolute atomic E-state index is 11.6. The van der Waals surface area contributed by atoms with E-state index in [1.165, 1.54) is 5.56 Å². The van der Waals surface area contributed by atoms with Crippen LogP contribution in [0, 0.1) is 0 Å². The Morgan fingerprint density at radius 3 is 2.58 bits per heavy atom. The molecule has 6 heteroatoms. The Morgan fingerprint density at radius 1 is 1.37 bits per heavy atom. The van der Waals surface area contributed by atoms with Gasteiger partial charge >= 0.3 is 6.03 Å². The summed E-state index contributed by atoms with van der Waals surface area (Å²) in [5.41, 5.74) is 1.17. The minimum Gasteiger partial charge on any atom is -0.337 e. The molecule has 0 saturated heterocycles. The summed E-state index contributed by atoms with van der Waals surface area (Å²) in [6, 6.07) is 7.86. The van der Waals surface area contributed by atoms with Crippen LogP contribution in [0.4, 0.5) is 4.79 Å². The number of carbonyl (C=O) groups is 1. The lowest BCUT2D eigenvalue weighted by atomic mass is 10.1. The summed E-state index contributed by atoms with van der Waals surface area (Å²) in [6.45, 7) is 2.39. The van der Waals surface area contributed by atoms with Gasteiger partial charge in [0, 0.05) is 39.9 Å². The van der Waals surface area contributed by atoms with Gasteiger partial charge in [-0.05, 0) is 31.0 Å². The first-order valence-electron chi connectivity index (χ1n) is 6.06. The molecule has 0 unspecified atom stereocenters. The normalized spacial score (nSPS) is 13.6. The minimum absolute atomic E-state index is 0.0494. The fourth-order valence-electron chi connectivity index (χ4n) is 1.61. The van der Waals surface area contributed by atoms with Gasteiger partial charge in [0.25, 0.3) is 0 Å². The van der Waals surface area contributed by atoms with E-state index in [9.17, 15) is 9.00 Å². The maximum atomic E-state index is 11.6. The van der Waals surface area contributed by atoms with Crippen LogP contribution in [-0.4, -0.2) is 34.8 Å². The molecular formula is C13H19BrN2O2S. The van der Waals surface area contributed by atoms with E-state index in [2.05, 4.69) is 26.6 Å². The van der Waals surface area contributed by atoms with Crippen molar-refractivity contribution in [3.8, 4) is 0 Å². The van der Waals surface area contributed by atoms with E-state index < -0.39 is 10.8 Å². The lowest BCUT2D eigenvalue weighted by Gasteiger charge is -2.14. The molecule has 0 aromatic heterocycles. The molecule has 1 rings (SSSR count). The molecule has 0 saturated carbocycles. The van der Waals surface area contributed by atoms with Crippen molar-refractivity contribution in [2.75, 3.05) is 18.6 Å². The lowest BCUT2D eigenvalue weighted by molar-refractivity contribution is 0.238. The second-order valence-electron chi connectivity index (χ2n) is 4.41. The van der Waals surface area contributed by atoms with E-state index in [0.29, 0.717) is 12.3 Å². The molecule has 0 spiro atoms. The van der Waals surface area contributed by atoms with Crippen molar-refractivity contribution >= 4 is 32.8 Å². The van der Waals surface area contributed by atoms with E-state index >= 15 is 0 Å². The Morgan fingerprint density at radius 2 is 2.00 bits per heavy atom. The number of rotatable bonds is 6. The second kappa shape index (κ2) is 8.32. The van der Waals surface area contributed by atoms with E-state index in [1.807, 2.05) is 31.2 Å². The van der Waals surface area contributed by atoms with Crippen LogP contribution in [0.2, 0.25) is 0 Å². The third-order valence-electron chi connectivity index (χ3n) is 2.51. The molecule has 106 valence electrons. The largest absolute Gasteiger partial charge is 0.337 e. The Balaban J connectivity index is 2.30. The average Bonchev–Trinajstić information content (AvgIpc) is 2.31. The fourth-order valence-corrected chi connectivity index (χ4v) is 2.26. The summed E-state index contributed by atoms with van der Waals surface area (Å²) < 4.78 is 11.9. The first kappa shape index (κ1) is 16.2. The predicted octanol–water partition coefficient (Wildman–Crippen LogP) is 2.06. The van der Waals surface area contributed by atoms with Crippen LogP contribution in [0.25, 0.3) is 0 Å². The zero-order valence-electron chi connectivity index (χ0n) is 11.1. The highest BCUT2D eigenvalue weighted by Gasteiger charge is 2.07. The van der Waals surface area contributed by atoms with Crippen molar-refractivity contribution < 1.29 is 9.00 Å². The predicted molar refractivity (Wildman–Crippen MR) is 82.8 cm³/mol. The maximum Gasteiger partial charge on any atom is 0.315 e. The van der Waals surface area contributed by atoms with Gasteiger partial charge in [-0.2, -0.15) is 0 Å². The van der Waals surface area contributed by atoms with Crippen molar-refractivity contribution in [3.63, 3.8) is 0 Å². The van der Waals surface area contributed by atoms with Crippen LogP contribution in [0.3, 0.4) is 0 Å². The number of hydrogen-bond acceptors (Lipinski definition) is 2. The summed E-state index contributed by atoms with van der Waals surface area (Å²) in [7, 11) is -0.875. The van der Waals surface area contributed by atoms with Crippen molar-refractivity contribution in [3.05, 3.63) is 34.3 Å². The number of hydrogen-bond donors (Lipinski definition) is 2. The number of urea groups is 1.